The summed E-state index contributed by atoms with van der Waals surface area (Å²) >= 11 is 0. The molecule has 1 saturated heterocycles. The molecule has 0 aliphatic carbocycles. The Kier molecular flexibility index (Phi) is 11.0. The van der Waals surface area contributed by atoms with Crippen molar-refractivity contribution >= 4 is 25.1 Å². The van der Waals surface area contributed by atoms with Gasteiger partial charge in [0.2, 0.25) is 5.60 Å². The molecule has 0 amide bonds. The standard InChI is InChI=1S/C29H39N6O8P/c1-5-20(6-2)15-40-28(37)19(4)34-44(38,43-21-11-9-8-10-12-21)41-16-23-25(39-7-3)26(36)29(17-30,42-23)24-14-13-22-27(31)32-18-33-35(22)24/h8-14,18-20,23,25-26,36H,5-7,15-16H2,1-4H3,(H,34,38)(H2,31,32,33)/t19-,23+,25+,26+,29-,44?/m0/s1. The second-order valence-electron chi connectivity index (χ2n) is 10.4. The van der Waals surface area contributed by atoms with E-state index in [1.54, 1.807) is 49.4 Å². The maximum atomic E-state index is 14.1. The molecule has 1 aromatic carbocycles. The molecule has 44 heavy (non-hydrogen) atoms. The van der Waals surface area contributed by atoms with Crippen molar-refractivity contribution in [3.05, 3.63) is 54.5 Å². The molecule has 3 heterocycles. The van der Waals surface area contributed by atoms with E-state index in [4.69, 9.17) is 29.0 Å². The van der Waals surface area contributed by atoms with Crippen LogP contribution in [-0.4, -0.2) is 69.8 Å². The predicted octanol–water partition coefficient (Wildman–Crippen LogP) is 3.36. The molecule has 238 valence electrons. The van der Waals surface area contributed by atoms with Crippen LogP contribution in [0.5, 0.6) is 5.75 Å². The molecule has 0 radical (unpaired) electrons. The highest BCUT2D eigenvalue weighted by Gasteiger charge is 2.59. The number of nitriles is 1. The van der Waals surface area contributed by atoms with Crippen LogP contribution in [0.4, 0.5) is 5.82 Å². The number of hydrogen-bond acceptors (Lipinski definition) is 12. The van der Waals surface area contributed by atoms with Crippen LogP contribution < -0.4 is 15.3 Å². The summed E-state index contributed by atoms with van der Waals surface area (Å²) in [5.41, 5.74) is 4.62. The van der Waals surface area contributed by atoms with Crippen molar-refractivity contribution in [1.82, 2.24) is 19.7 Å². The van der Waals surface area contributed by atoms with Gasteiger partial charge in [-0.1, -0.05) is 44.9 Å². The van der Waals surface area contributed by atoms with E-state index in [0.29, 0.717) is 5.52 Å². The van der Waals surface area contributed by atoms with Crippen LogP contribution in [-0.2, 0) is 33.7 Å². The van der Waals surface area contributed by atoms with Crippen molar-refractivity contribution in [2.45, 2.75) is 70.5 Å². The second kappa shape index (κ2) is 14.5. The van der Waals surface area contributed by atoms with Gasteiger partial charge in [-0.3, -0.25) is 9.32 Å². The van der Waals surface area contributed by atoms with Gasteiger partial charge in [-0.05, 0) is 44.0 Å². The summed E-state index contributed by atoms with van der Waals surface area (Å²) in [7, 11) is -4.28. The predicted molar refractivity (Wildman–Crippen MR) is 159 cm³/mol. The number of benzene rings is 1. The summed E-state index contributed by atoms with van der Waals surface area (Å²) < 4.78 is 44.5. The molecule has 4 rings (SSSR count). The number of nitrogens with one attached hydrogen (secondary N) is 1. The number of rotatable bonds is 15. The van der Waals surface area contributed by atoms with Gasteiger partial charge in [0.05, 0.1) is 18.9 Å². The zero-order chi connectivity index (χ0) is 31.9. The third-order valence-corrected chi connectivity index (χ3v) is 9.16. The first-order valence-corrected chi connectivity index (χ1v) is 16.1. The number of aromatic nitrogens is 3. The number of carbonyl (C=O) groups excluding carboxylic acids is 1. The van der Waals surface area contributed by atoms with Crippen LogP contribution in [0.25, 0.3) is 5.52 Å². The largest absolute Gasteiger partial charge is 0.464 e. The quantitative estimate of drug-likeness (QED) is 0.164. The molecule has 15 heteroatoms. The molecule has 1 aliphatic heterocycles. The molecule has 0 spiro atoms. The lowest BCUT2D eigenvalue weighted by atomic mass is 9.92. The van der Waals surface area contributed by atoms with Crippen molar-refractivity contribution < 1.29 is 37.7 Å². The Morgan fingerprint density at radius 2 is 1.98 bits per heavy atom. The molecule has 1 aliphatic rings. The highest BCUT2D eigenvalue weighted by molar-refractivity contribution is 7.52. The number of aliphatic hydroxyl groups excluding tert-OH is 1. The first kappa shape index (κ1) is 33.3. The number of aliphatic hydroxyl groups is 1. The van der Waals surface area contributed by atoms with Crippen LogP contribution in [0, 0.1) is 17.2 Å². The fourth-order valence-electron chi connectivity index (χ4n) is 4.95. The van der Waals surface area contributed by atoms with E-state index in [0.717, 1.165) is 12.8 Å². The maximum absolute atomic E-state index is 14.1. The third kappa shape index (κ3) is 7.04. The minimum atomic E-state index is -4.28. The van der Waals surface area contributed by atoms with Crippen molar-refractivity contribution in [3.63, 3.8) is 0 Å². The van der Waals surface area contributed by atoms with Gasteiger partial charge in [-0.2, -0.15) is 15.4 Å². The second-order valence-corrected chi connectivity index (χ2v) is 12.1. The number of ether oxygens (including phenoxy) is 3. The fourth-order valence-corrected chi connectivity index (χ4v) is 6.45. The zero-order valence-corrected chi connectivity index (χ0v) is 26.1. The summed E-state index contributed by atoms with van der Waals surface area (Å²) in [5.74, 6) is -0.0251. The minimum absolute atomic E-state index is 0.170. The molecule has 4 N–H and O–H groups in total. The third-order valence-electron chi connectivity index (χ3n) is 7.52. The molecule has 0 saturated carbocycles. The Hall–Kier alpha value is -3.57. The Balaban J connectivity index is 1.58. The monoisotopic (exact) mass is 630 g/mol. The van der Waals surface area contributed by atoms with Crippen molar-refractivity contribution in [1.29, 1.82) is 5.26 Å². The normalized spacial score (nSPS) is 23.7. The van der Waals surface area contributed by atoms with Gasteiger partial charge >= 0.3 is 13.7 Å². The van der Waals surface area contributed by atoms with E-state index in [1.165, 1.54) is 17.8 Å². The number of fused-ring (bicyclic) bond motifs is 1. The summed E-state index contributed by atoms with van der Waals surface area (Å²) in [6.45, 7) is 7.19. The number of esters is 1. The zero-order valence-electron chi connectivity index (χ0n) is 25.2. The first-order chi connectivity index (χ1) is 21.1. The smallest absolute Gasteiger partial charge is 0.459 e. The van der Waals surface area contributed by atoms with Crippen LogP contribution in [0.1, 0.15) is 46.2 Å². The summed E-state index contributed by atoms with van der Waals surface area (Å²) in [6, 6.07) is 12.5. The maximum Gasteiger partial charge on any atom is 0.459 e. The van der Waals surface area contributed by atoms with Crippen molar-refractivity contribution in [2.24, 2.45) is 5.92 Å². The number of para-hydroxylation sites is 1. The minimum Gasteiger partial charge on any atom is -0.464 e. The van der Waals surface area contributed by atoms with Crippen LogP contribution in [0.15, 0.2) is 48.8 Å². The highest BCUT2D eigenvalue weighted by atomic mass is 31.2. The number of nitrogens with zero attached hydrogens (tertiary/aromatic N) is 4. The van der Waals surface area contributed by atoms with Gasteiger partial charge in [0.25, 0.3) is 0 Å². The lowest BCUT2D eigenvalue weighted by molar-refractivity contribution is -0.146. The van der Waals surface area contributed by atoms with E-state index < -0.39 is 50.3 Å². The average molecular weight is 631 g/mol. The Bertz CT molecular complexity index is 1500. The molecule has 6 atom stereocenters. The fraction of sp³-hybridized carbons (Fsp3) is 0.517. The Labute approximate surface area is 256 Å². The SMILES string of the molecule is CCO[C@H]1[C@@H](O)[C@](C#N)(c2ccc3c(N)ncnn23)O[C@@H]1COP(=O)(N[C@@H](C)C(=O)OCC(CC)CC)Oc1ccccc1. The van der Waals surface area contributed by atoms with Crippen molar-refractivity contribution in [2.75, 3.05) is 25.6 Å². The Morgan fingerprint density at radius 3 is 2.64 bits per heavy atom. The molecule has 14 nitrogen and oxygen atoms in total. The lowest BCUT2D eigenvalue weighted by Crippen LogP contribution is -2.42. The lowest BCUT2D eigenvalue weighted by Gasteiger charge is -2.26. The summed E-state index contributed by atoms with van der Waals surface area (Å²) in [5, 5.41) is 28.6. The van der Waals surface area contributed by atoms with Crippen LogP contribution in [0.3, 0.4) is 0 Å². The van der Waals surface area contributed by atoms with Gasteiger partial charge in [-0.15, -0.1) is 0 Å². The average Bonchev–Trinajstić information content (AvgIpc) is 3.57. The van der Waals surface area contributed by atoms with Crippen molar-refractivity contribution in [3.8, 4) is 11.8 Å². The molecular weight excluding hydrogens is 591 g/mol. The van der Waals surface area contributed by atoms with Gasteiger partial charge in [0, 0.05) is 6.61 Å². The van der Waals surface area contributed by atoms with E-state index in [1.807, 2.05) is 13.8 Å². The summed E-state index contributed by atoms with van der Waals surface area (Å²) in [6.07, 6.45) is -0.752. The molecule has 0 bridgehead atoms. The van der Waals surface area contributed by atoms with Gasteiger partial charge in [0.1, 0.15) is 48.0 Å². The van der Waals surface area contributed by atoms with Crippen LogP contribution in [0.2, 0.25) is 0 Å². The molecule has 3 aromatic rings. The van der Waals surface area contributed by atoms with Gasteiger partial charge in [0.15, 0.2) is 5.82 Å². The van der Waals surface area contributed by atoms with Gasteiger partial charge in [-0.25, -0.2) is 14.1 Å². The van der Waals surface area contributed by atoms with E-state index in [2.05, 4.69) is 21.2 Å². The van der Waals surface area contributed by atoms with Gasteiger partial charge < -0.3 is 29.6 Å². The van der Waals surface area contributed by atoms with E-state index >= 15 is 0 Å². The number of nitrogens with two attached hydrogens (primary N) is 1. The molecule has 2 aromatic heterocycles. The topological polar surface area (TPSA) is 193 Å². The number of nitrogen functional groups attached to an aromatic ring is 1. The highest BCUT2D eigenvalue weighted by Crippen LogP contribution is 2.47. The van der Waals surface area contributed by atoms with Crippen LogP contribution >= 0.6 is 7.75 Å². The summed E-state index contributed by atoms with van der Waals surface area (Å²) in [4.78, 5) is 16.7. The molecular formula is C29H39N6O8P. The molecule has 1 fully saturated rings. The molecule has 1 unspecified atom stereocenters. The van der Waals surface area contributed by atoms with E-state index in [9.17, 15) is 19.7 Å². The van der Waals surface area contributed by atoms with E-state index in [-0.39, 0.29) is 36.4 Å². The number of hydrogen-bond donors (Lipinski definition) is 3. The number of carbonyl (C=O) groups is 1. The number of anilines is 1. The Morgan fingerprint density at radius 1 is 1.25 bits per heavy atom. The first-order valence-electron chi connectivity index (χ1n) is 14.5.